The van der Waals surface area contributed by atoms with Crippen LogP contribution < -0.4 is 20.4 Å². The van der Waals surface area contributed by atoms with Gasteiger partial charge in [0.1, 0.15) is 21.9 Å². The van der Waals surface area contributed by atoms with E-state index >= 15 is 0 Å². The van der Waals surface area contributed by atoms with Crippen molar-refractivity contribution < 1.29 is 9.16 Å². The van der Waals surface area contributed by atoms with Gasteiger partial charge in [-0.25, -0.2) is 15.0 Å². The van der Waals surface area contributed by atoms with Crippen molar-refractivity contribution in [3.8, 4) is 5.75 Å². The molecule has 0 saturated heterocycles. The van der Waals surface area contributed by atoms with Crippen LogP contribution in [0.2, 0.25) is 10.2 Å². The lowest BCUT2D eigenvalue weighted by atomic mass is 10.1. The number of methoxy groups -OCH3 is 1. The Morgan fingerprint density at radius 2 is 1.66 bits per heavy atom. The van der Waals surface area contributed by atoms with E-state index in [0.29, 0.717) is 35.4 Å². The topological polar surface area (TPSA) is 87.0 Å². The molecule has 10 heteroatoms. The molecule has 229 valence electrons. The molecule has 0 aliphatic rings. The predicted molar refractivity (Wildman–Crippen MR) is 180 cm³/mol. The zero-order valence-corrected chi connectivity index (χ0v) is 27.8. The molecule has 8 nitrogen and oxygen atoms in total. The molecule has 0 spiro atoms. The molecular weight excluding hydrogens is 588 g/mol. The van der Waals surface area contributed by atoms with E-state index in [9.17, 15) is 0 Å². The Morgan fingerprint density at radius 1 is 0.977 bits per heavy atom. The normalized spacial score (nSPS) is 12.8. The van der Waals surface area contributed by atoms with Crippen molar-refractivity contribution >= 4 is 47.1 Å². The van der Waals surface area contributed by atoms with E-state index in [-0.39, 0.29) is 11.1 Å². The minimum Gasteiger partial charge on any atom is -0.496 e. The number of anilines is 1. The molecule has 0 fully saturated rings. The smallest absolute Gasteiger partial charge is 0.261 e. The first-order valence-electron chi connectivity index (χ1n) is 15.1. The molecule has 0 aliphatic heterocycles. The van der Waals surface area contributed by atoms with E-state index in [1.807, 2.05) is 4.68 Å². The molecule has 44 heavy (non-hydrogen) atoms. The van der Waals surface area contributed by atoms with Crippen LogP contribution in [0.1, 0.15) is 52.5 Å². The third-order valence-corrected chi connectivity index (χ3v) is 13.3. The highest BCUT2D eigenvalue weighted by atomic mass is 35.5. The van der Waals surface area contributed by atoms with Crippen LogP contribution in [0.15, 0.2) is 79.1 Å². The van der Waals surface area contributed by atoms with Gasteiger partial charge in [0, 0.05) is 30.5 Å². The number of nitrogens with one attached hydrogen (secondary N) is 1. The minimum absolute atomic E-state index is 0.0821. The summed E-state index contributed by atoms with van der Waals surface area (Å²) in [4.78, 5) is 13.1. The van der Waals surface area contributed by atoms with E-state index < -0.39 is 8.32 Å². The second-order valence-corrected chi connectivity index (χ2v) is 16.7. The summed E-state index contributed by atoms with van der Waals surface area (Å²) in [6.07, 6.45) is 9.03. The van der Waals surface area contributed by atoms with Gasteiger partial charge in [-0.15, -0.1) is 0 Å². The number of nitrogens with zero attached hydrogens (tertiary/aromatic N) is 5. The predicted octanol–water partition coefficient (Wildman–Crippen LogP) is 6.28. The summed E-state index contributed by atoms with van der Waals surface area (Å²) in [6.45, 7) is 10.1. The summed E-state index contributed by atoms with van der Waals surface area (Å²) in [7, 11) is -1.01. The number of hydrogen-bond donors (Lipinski definition) is 1. The molecule has 2 aromatic carbocycles. The zero-order valence-electron chi connectivity index (χ0n) is 26.0. The SMILES string of the molecule is CCC[C@@H](CCO[Si](c1ccccc1)(c1ccccc1)C(C)(C)C)Nc1n[c]nc2cnn(Cc3cnc(Cl)cc3OC)c12. The van der Waals surface area contributed by atoms with Crippen LogP contribution >= 0.6 is 11.6 Å². The Bertz CT molecular complexity index is 1620. The summed E-state index contributed by atoms with van der Waals surface area (Å²) < 4.78 is 14.6. The second kappa shape index (κ2) is 13.9. The molecule has 0 bridgehead atoms. The van der Waals surface area contributed by atoms with Crippen LogP contribution in [0.4, 0.5) is 5.82 Å². The fourth-order valence-electron chi connectivity index (χ4n) is 5.96. The summed E-state index contributed by atoms with van der Waals surface area (Å²) in [5.41, 5.74) is 2.36. The van der Waals surface area contributed by atoms with E-state index in [2.05, 4.69) is 120 Å². The Hall–Kier alpha value is -3.79. The lowest BCUT2D eigenvalue weighted by Crippen LogP contribution is -2.66. The summed E-state index contributed by atoms with van der Waals surface area (Å²) in [6, 6.07) is 23.4. The number of benzene rings is 2. The number of ether oxygens (including phenoxy) is 1. The average Bonchev–Trinajstić information content (AvgIpc) is 3.44. The lowest BCUT2D eigenvalue weighted by molar-refractivity contribution is 0.281. The monoisotopic (exact) mass is 627 g/mol. The van der Waals surface area contributed by atoms with Crippen LogP contribution in [0.5, 0.6) is 5.75 Å². The van der Waals surface area contributed by atoms with E-state index in [1.165, 1.54) is 10.4 Å². The van der Waals surface area contributed by atoms with Crippen molar-refractivity contribution in [3.05, 3.63) is 96.2 Å². The van der Waals surface area contributed by atoms with Crippen LogP contribution in [0, 0.1) is 6.33 Å². The van der Waals surface area contributed by atoms with Gasteiger partial charge in [-0.05, 0) is 28.3 Å². The van der Waals surface area contributed by atoms with Crippen molar-refractivity contribution in [2.75, 3.05) is 19.0 Å². The molecule has 1 N–H and O–H groups in total. The minimum atomic E-state index is -2.63. The molecule has 1 radical (unpaired) electrons. The Labute approximate surface area is 266 Å². The maximum absolute atomic E-state index is 7.20. The first-order valence-corrected chi connectivity index (χ1v) is 17.3. The molecule has 0 amide bonds. The number of halogens is 1. The standard InChI is InChI=1S/C34H40ClN6O2Si/c1-6-13-26(18-19-43-44(34(2,3)4,27-14-9-7-10-15-27)28-16-11-8-12-17-28)40-33-32-29(37-24-38-33)22-39-41(32)23-25-21-36-31(35)20-30(25)42-5/h7-12,14-17,20-22,26H,6,13,18-19,23H2,1-5H3,(H,37,38,40)/t26-/m0/s1. The van der Waals surface area contributed by atoms with Gasteiger partial charge < -0.3 is 14.5 Å². The molecule has 5 aromatic rings. The molecule has 5 rings (SSSR count). The van der Waals surface area contributed by atoms with Gasteiger partial charge in [-0.3, -0.25) is 4.68 Å². The van der Waals surface area contributed by atoms with E-state index in [0.717, 1.165) is 30.3 Å². The number of rotatable bonds is 13. The highest BCUT2D eigenvalue weighted by Gasteiger charge is 2.50. The zero-order chi connectivity index (χ0) is 31.2. The number of aromatic nitrogens is 5. The van der Waals surface area contributed by atoms with Gasteiger partial charge >= 0.3 is 0 Å². The maximum atomic E-state index is 7.20. The lowest BCUT2D eigenvalue weighted by Gasteiger charge is -2.43. The maximum Gasteiger partial charge on any atom is 0.261 e. The molecular formula is C34H40ClN6O2Si. The van der Waals surface area contributed by atoms with Gasteiger partial charge in [0.2, 0.25) is 6.33 Å². The van der Waals surface area contributed by atoms with Gasteiger partial charge in [0.25, 0.3) is 8.32 Å². The Balaban J connectivity index is 1.41. The van der Waals surface area contributed by atoms with Crippen molar-refractivity contribution in [1.82, 2.24) is 24.7 Å². The highest BCUT2D eigenvalue weighted by Crippen LogP contribution is 2.37. The molecule has 0 unspecified atom stereocenters. The van der Waals surface area contributed by atoms with Crippen molar-refractivity contribution in [1.29, 1.82) is 0 Å². The van der Waals surface area contributed by atoms with Gasteiger partial charge in [0.15, 0.2) is 5.82 Å². The highest BCUT2D eigenvalue weighted by molar-refractivity contribution is 6.99. The summed E-state index contributed by atoms with van der Waals surface area (Å²) >= 11 is 6.09. The third kappa shape index (κ3) is 6.65. The second-order valence-electron chi connectivity index (χ2n) is 12.0. The molecule has 0 aliphatic carbocycles. The first kappa shape index (κ1) is 31.6. The van der Waals surface area contributed by atoms with Crippen LogP contribution in [-0.2, 0) is 11.0 Å². The van der Waals surface area contributed by atoms with Crippen LogP contribution in [0.25, 0.3) is 11.0 Å². The fraction of sp³-hybridized carbons (Fsp3) is 0.353. The van der Waals surface area contributed by atoms with E-state index in [1.54, 1.807) is 25.6 Å². The largest absolute Gasteiger partial charge is 0.496 e. The number of pyridine rings is 1. The van der Waals surface area contributed by atoms with Gasteiger partial charge in [-0.1, -0.05) is 106 Å². The molecule has 3 heterocycles. The Kier molecular flexibility index (Phi) is 9.98. The van der Waals surface area contributed by atoms with Crippen molar-refractivity contribution in [2.45, 2.75) is 64.6 Å². The van der Waals surface area contributed by atoms with Crippen molar-refractivity contribution in [3.63, 3.8) is 0 Å². The molecule has 3 aromatic heterocycles. The number of hydrogen-bond acceptors (Lipinski definition) is 7. The summed E-state index contributed by atoms with van der Waals surface area (Å²) in [5.74, 6) is 1.34. The Morgan fingerprint density at radius 3 is 2.27 bits per heavy atom. The quantitative estimate of drug-likeness (QED) is 0.121. The summed E-state index contributed by atoms with van der Waals surface area (Å²) in [5, 5.41) is 11.2. The third-order valence-electron chi connectivity index (χ3n) is 8.01. The van der Waals surface area contributed by atoms with Crippen LogP contribution in [-0.4, -0.2) is 52.8 Å². The van der Waals surface area contributed by atoms with E-state index in [4.69, 9.17) is 20.8 Å². The van der Waals surface area contributed by atoms with Crippen molar-refractivity contribution in [2.24, 2.45) is 0 Å². The fourth-order valence-corrected chi connectivity index (χ4v) is 10.7. The molecule has 0 saturated carbocycles. The average molecular weight is 628 g/mol. The van der Waals surface area contributed by atoms with Gasteiger partial charge in [-0.2, -0.15) is 5.10 Å². The molecule has 1 atom stereocenters. The first-order chi connectivity index (χ1) is 21.3. The van der Waals surface area contributed by atoms with Crippen LogP contribution in [0.3, 0.4) is 0 Å². The number of fused-ring (bicyclic) bond motifs is 1. The van der Waals surface area contributed by atoms with Gasteiger partial charge in [0.05, 0.1) is 19.9 Å².